The van der Waals surface area contributed by atoms with Crippen molar-refractivity contribution in [1.82, 2.24) is 4.98 Å². The summed E-state index contributed by atoms with van der Waals surface area (Å²) in [5.41, 5.74) is 12.1. The predicted octanol–water partition coefficient (Wildman–Crippen LogP) is 4.24. The zero-order valence-electron chi connectivity index (χ0n) is 15.0. The highest BCUT2D eigenvalue weighted by Gasteiger charge is 2.28. The highest BCUT2D eigenvalue weighted by Crippen LogP contribution is 2.32. The summed E-state index contributed by atoms with van der Waals surface area (Å²) in [6.07, 6.45) is 2.47. The van der Waals surface area contributed by atoms with Crippen LogP contribution in [-0.4, -0.2) is 16.6 Å². The third-order valence-electron chi connectivity index (χ3n) is 4.18. The van der Waals surface area contributed by atoms with Crippen molar-refractivity contribution in [3.05, 3.63) is 70.2 Å². The van der Waals surface area contributed by atoms with Gasteiger partial charge in [0, 0.05) is 33.8 Å². The molecule has 0 aliphatic carbocycles. The molecular weight excluding hydrogens is 387 g/mol. The number of nitrogens with one attached hydrogen (secondary N) is 1. The average Bonchev–Trinajstić information content (AvgIpc) is 2.62. The number of hydrogen-bond donors (Lipinski definition) is 3. The van der Waals surface area contributed by atoms with E-state index in [-0.39, 0.29) is 5.69 Å². The van der Waals surface area contributed by atoms with E-state index in [9.17, 15) is 9.18 Å². The molecule has 1 aromatic heterocycles. The maximum Gasteiger partial charge on any atom is 0.274 e. The molecule has 0 unspecified atom stereocenters. The first-order valence-electron chi connectivity index (χ1n) is 8.34. The second-order valence-electron chi connectivity index (χ2n) is 6.08. The number of thioether (sulfide) groups is 1. The van der Waals surface area contributed by atoms with Crippen LogP contribution in [-0.2, 0) is 5.54 Å². The number of aromatic nitrogens is 1. The largest absolute Gasteiger partial charge is 0.394 e. The first kappa shape index (κ1) is 21.2. The number of carbonyl (C=O) groups excluding carboxylic acids is 1. The van der Waals surface area contributed by atoms with Crippen LogP contribution in [0.5, 0.6) is 0 Å². The molecule has 1 atom stereocenters. The lowest BCUT2D eigenvalue weighted by Crippen LogP contribution is -2.37. The Balaban J connectivity index is 2.23. The van der Waals surface area contributed by atoms with Crippen LogP contribution >= 0.6 is 23.4 Å². The lowest BCUT2D eigenvalue weighted by atomic mass is 9.85. The standard InChI is InChI=1S/C19H22ClFN4OS/c1-3-19(23,7-9-27-12(2)22)15-11-14(4-5-16(15)21)25-18(26)17-10-13(20)6-8-24-17/h4-6,8,10-11H,2-3,7,9,22-23H2,1H3,(H,25,26)/t19-/m0/s1. The quantitative estimate of drug-likeness (QED) is 0.607. The fraction of sp³-hybridized carbons (Fsp3) is 0.263. The van der Waals surface area contributed by atoms with Crippen LogP contribution in [0.1, 0.15) is 35.8 Å². The number of anilines is 1. The topological polar surface area (TPSA) is 94.0 Å². The minimum atomic E-state index is -0.887. The van der Waals surface area contributed by atoms with Gasteiger partial charge in [0.05, 0.1) is 5.03 Å². The lowest BCUT2D eigenvalue weighted by Gasteiger charge is -2.29. The molecule has 0 aliphatic rings. The summed E-state index contributed by atoms with van der Waals surface area (Å²) >= 11 is 7.26. The van der Waals surface area contributed by atoms with Crippen molar-refractivity contribution in [2.24, 2.45) is 11.5 Å². The van der Waals surface area contributed by atoms with Gasteiger partial charge in [-0.15, -0.1) is 11.8 Å². The van der Waals surface area contributed by atoms with Gasteiger partial charge in [-0.3, -0.25) is 9.78 Å². The maximum atomic E-state index is 14.5. The van der Waals surface area contributed by atoms with E-state index in [1.54, 1.807) is 12.1 Å². The second kappa shape index (κ2) is 9.21. The smallest absolute Gasteiger partial charge is 0.274 e. The molecule has 0 fully saturated rings. The molecule has 1 heterocycles. The number of benzene rings is 1. The number of hydrogen-bond acceptors (Lipinski definition) is 5. The van der Waals surface area contributed by atoms with Crippen LogP contribution in [0.25, 0.3) is 0 Å². The van der Waals surface area contributed by atoms with Gasteiger partial charge < -0.3 is 16.8 Å². The molecule has 8 heteroatoms. The van der Waals surface area contributed by atoms with Crippen molar-refractivity contribution in [2.45, 2.75) is 25.3 Å². The number of nitrogens with zero attached hydrogens (tertiary/aromatic N) is 1. The Bertz CT molecular complexity index is 848. The van der Waals surface area contributed by atoms with Crippen LogP contribution < -0.4 is 16.8 Å². The summed E-state index contributed by atoms with van der Waals surface area (Å²) in [4.78, 5) is 16.3. The van der Waals surface area contributed by atoms with E-state index in [1.165, 1.54) is 36.2 Å². The van der Waals surface area contributed by atoms with E-state index in [4.69, 9.17) is 23.1 Å². The summed E-state index contributed by atoms with van der Waals surface area (Å²) < 4.78 is 14.5. The molecule has 1 aromatic carbocycles. The third kappa shape index (κ3) is 5.69. The van der Waals surface area contributed by atoms with Crippen molar-refractivity contribution >= 4 is 35.0 Å². The molecule has 0 saturated carbocycles. The first-order valence-corrected chi connectivity index (χ1v) is 9.70. The third-order valence-corrected chi connectivity index (χ3v) is 5.20. The Morgan fingerprint density at radius 1 is 1.41 bits per heavy atom. The van der Waals surface area contributed by atoms with Gasteiger partial charge in [0.25, 0.3) is 5.91 Å². The predicted molar refractivity (Wildman–Crippen MR) is 110 cm³/mol. The zero-order chi connectivity index (χ0) is 20.0. The van der Waals surface area contributed by atoms with Crippen molar-refractivity contribution in [2.75, 3.05) is 11.1 Å². The lowest BCUT2D eigenvalue weighted by molar-refractivity contribution is 0.102. The molecule has 0 bridgehead atoms. The molecule has 2 aromatic rings. The number of halogens is 2. The molecule has 0 spiro atoms. The van der Waals surface area contributed by atoms with E-state index in [1.807, 2.05) is 6.92 Å². The van der Waals surface area contributed by atoms with E-state index >= 15 is 0 Å². The molecule has 27 heavy (non-hydrogen) atoms. The average molecular weight is 409 g/mol. The molecule has 5 N–H and O–H groups in total. The van der Waals surface area contributed by atoms with Gasteiger partial charge >= 0.3 is 0 Å². The van der Waals surface area contributed by atoms with Gasteiger partial charge in [-0.1, -0.05) is 25.1 Å². The van der Waals surface area contributed by atoms with E-state index < -0.39 is 17.3 Å². The van der Waals surface area contributed by atoms with E-state index in [2.05, 4.69) is 16.9 Å². The van der Waals surface area contributed by atoms with Crippen molar-refractivity contribution in [3.63, 3.8) is 0 Å². The summed E-state index contributed by atoms with van der Waals surface area (Å²) in [5, 5.41) is 3.60. The van der Waals surface area contributed by atoms with Crippen molar-refractivity contribution < 1.29 is 9.18 Å². The van der Waals surface area contributed by atoms with Gasteiger partial charge in [0.1, 0.15) is 11.5 Å². The van der Waals surface area contributed by atoms with Crippen LogP contribution in [0.2, 0.25) is 5.02 Å². The summed E-state index contributed by atoms with van der Waals surface area (Å²) in [7, 11) is 0. The summed E-state index contributed by atoms with van der Waals surface area (Å²) in [6, 6.07) is 7.36. The fourth-order valence-electron chi connectivity index (χ4n) is 2.57. The molecule has 1 amide bonds. The molecule has 2 rings (SSSR count). The molecule has 0 aliphatic heterocycles. The van der Waals surface area contributed by atoms with Crippen molar-refractivity contribution in [3.8, 4) is 0 Å². The van der Waals surface area contributed by atoms with Crippen molar-refractivity contribution in [1.29, 1.82) is 0 Å². The number of rotatable bonds is 8. The van der Waals surface area contributed by atoms with Crippen LogP contribution in [0.15, 0.2) is 48.1 Å². The highest BCUT2D eigenvalue weighted by atomic mass is 35.5. The van der Waals surface area contributed by atoms with Gasteiger partial charge in [-0.25, -0.2) is 4.39 Å². The van der Waals surface area contributed by atoms with E-state index in [0.717, 1.165) is 0 Å². The minimum absolute atomic E-state index is 0.167. The van der Waals surface area contributed by atoms with Gasteiger partial charge in [-0.2, -0.15) is 0 Å². The second-order valence-corrected chi connectivity index (χ2v) is 7.74. The van der Waals surface area contributed by atoms with Gasteiger partial charge in [0.15, 0.2) is 0 Å². The number of pyridine rings is 1. The number of nitrogens with two attached hydrogens (primary N) is 2. The number of carbonyl (C=O) groups is 1. The Kier molecular flexibility index (Phi) is 7.24. The maximum absolute atomic E-state index is 14.5. The molecule has 144 valence electrons. The Morgan fingerprint density at radius 2 is 2.15 bits per heavy atom. The molecule has 0 radical (unpaired) electrons. The normalized spacial score (nSPS) is 13.0. The van der Waals surface area contributed by atoms with Crippen LogP contribution in [0, 0.1) is 5.82 Å². The molecule has 0 saturated heterocycles. The summed E-state index contributed by atoms with van der Waals surface area (Å²) in [6.45, 7) is 5.53. The SMILES string of the molecule is C=C(N)SCC[C@@](N)(CC)c1cc(NC(=O)c2cc(Cl)ccn2)ccc1F. The fourth-order valence-corrected chi connectivity index (χ4v) is 3.46. The minimum Gasteiger partial charge on any atom is -0.394 e. The van der Waals surface area contributed by atoms with Gasteiger partial charge in [0.2, 0.25) is 0 Å². The number of amides is 1. The van der Waals surface area contributed by atoms with Gasteiger partial charge in [-0.05, 0) is 43.2 Å². The van der Waals surface area contributed by atoms with Crippen LogP contribution in [0.4, 0.5) is 10.1 Å². The highest BCUT2D eigenvalue weighted by molar-refractivity contribution is 8.02. The monoisotopic (exact) mass is 408 g/mol. The first-order chi connectivity index (χ1) is 12.7. The molecule has 5 nitrogen and oxygen atoms in total. The summed E-state index contributed by atoms with van der Waals surface area (Å²) in [5.74, 6) is -0.249. The Hall–Kier alpha value is -2.09. The Morgan fingerprint density at radius 3 is 2.78 bits per heavy atom. The Labute approximate surface area is 167 Å². The zero-order valence-corrected chi connectivity index (χ0v) is 16.5. The van der Waals surface area contributed by atoms with Crippen LogP contribution in [0.3, 0.4) is 0 Å². The van der Waals surface area contributed by atoms with E-state index in [0.29, 0.717) is 39.9 Å². The molecular formula is C19H22ClFN4OS.